The Morgan fingerprint density at radius 3 is 2.73 bits per heavy atom. The third-order valence-electron chi connectivity index (χ3n) is 4.59. The van der Waals surface area contributed by atoms with Crippen molar-refractivity contribution in [2.75, 3.05) is 6.61 Å². The van der Waals surface area contributed by atoms with Crippen molar-refractivity contribution in [1.29, 1.82) is 0 Å². The van der Waals surface area contributed by atoms with E-state index in [1.54, 1.807) is 17.8 Å². The van der Waals surface area contributed by atoms with Crippen molar-refractivity contribution in [2.24, 2.45) is 18.7 Å². The monoisotopic (exact) mass is 417 g/mol. The molecule has 0 bridgehead atoms. The summed E-state index contributed by atoms with van der Waals surface area (Å²) in [7, 11) is 1.78. The van der Waals surface area contributed by atoms with Gasteiger partial charge >= 0.3 is 0 Å². The van der Waals surface area contributed by atoms with Crippen molar-refractivity contribution < 1.29 is 4.74 Å². The number of hydrogen-bond acceptors (Lipinski definition) is 4. The number of nitrogens with zero attached hydrogens (tertiary/aromatic N) is 2. The zero-order valence-corrected chi connectivity index (χ0v) is 17.1. The fourth-order valence-electron chi connectivity index (χ4n) is 3.35. The first-order chi connectivity index (χ1) is 12.3. The summed E-state index contributed by atoms with van der Waals surface area (Å²) in [4.78, 5) is 17.1. The van der Waals surface area contributed by atoms with E-state index in [1.165, 1.54) is 0 Å². The van der Waals surface area contributed by atoms with Gasteiger partial charge in [0.1, 0.15) is 12.4 Å². The minimum absolute atomic E-state index is 0.0215. The Labute approximate surface area is 161 Å². The van der Waals surface area contributed by atoms with E-state index in [-0.39, 0.29) is 11.6 Å². The second-order valence-electron chi connectivity index (χ2n) is 7.18. The maximum absolute atomic E-state index is 12.8. The fourth-order valence-corrected chi connectivity index (χ4v) is 3.81. The van der Waals surface area contributed by atoms with Crippen LogP contribution in [0.1, 0.15) is 26.0 Å². The first kappa shape index (κ1) is 18.9. The SMILES string of the molecule is Cc1nccc2c1c(=O)n(C)c1cc(OC[C@@H](N)CC(C)C)c(Br)cc21. The molecule has 1 atom stereocenters. The molecule has 0 aliphatic rings. The van der Waals surface area contributed by atoms with Gasteiger partial charge in [0.2, 0.25) is 0 Å². The molecule has 1 aromatic carbocycles. The normalized spacial score (nSPS) is 12.9. The number of benzene rings is 1. The highest BCUT2D eigenvalue weighted by atomic mass is 79.9. The van der Waals surface area contributed by atoms with E-state index in [0.717, 1.165) is 32.9 Å². The van der Waals surface area contributed by atoms with Crippen LogP contribution < -0.4 is 16.0 Å². The van der Waals surface area contributed by atoms with Gasteiger partial charge in [0.15, 0.2) is 0 Å². The maximum Gasteiger partial charge on any atom is 0.260 e. The number of hydrogen-bond donors (Lipinski definition) is 1. The molecule has 0 radical (unpaired) electrons. The van der Waals surface area contributed by atoms with Crippen LogP contribution in [0.5, 0.6) is 5.75 Å². The van der Waals surface area contributed by atoms with Gasteiger partial charge in [-0.15, -0.1) is 0 Å². The predicted octanol–water partition coefficient (Wildman–Crippen LogP) is 3.91. The molecule has 0 aliphatic carbocycles. The van der Waals surface area contributed by atoms with Crippen molar-refractivity contribution in [2.45, 2.75) is 33.2 Å². The number of rotatable bonds is 5. The minimum Gasteiger partial charge on any atom is -0.491 e. The number of ether oxygens (including phenoxy) is 1. The van der Waals surface area contributed by atoms with E-state index < -0.39 is 0 Å². The quantitative estimate of drug-likeness (QED) is 0.638. The number of halogens is 1. The van der Waals surface area contributed by atoms with Crippen LogP contribution in [-0.4, -0.2) is 22.2 Å². The highest BCUT2D eigenvalue weighted by molar-refractivity contribution is 9.10. The Hall–Kier alpha value is -1.92. The smallest absolute Gasteiger partial charge is 0.260 e. The summed E-state index contributed by atoms with van der Waals surface area (Å²) in [5.74, 6) is 1.22. The molecule has 0 saturated carbocycles. The van der Waals surface area contributed by atoms with Crippen LogP contribution in [0.2, 0.25) is 0 Å². The third-order valence-corrected chi connectivity index (χ3v) is 5.21. The molecule has 6 heteroatoms. The molecule has 0 amide bonds. The van der Waals surface area contributed by atoms with Crippen LogP contribution in [0.4, 0.5) is 0 Å². The summed E-state index contributed by atoms with van der Waals surface area (Å²) in [6.45, 7) is 6.58. The molecule has 5 nitrogen and oxygen atoms in total. The Morgan fingerprint density at radius 1 is 1.31 bits per heavy atom. The molecule has 26 heavy (non-hydrogen) atoms. The zero-order chi connectivity index (χ0) is 19.0. The van der Waals surface area contributed by atoms with Gasteiger partial charge in [0, 0.05) is 30.7 Å². The topological polar surface area (TPSA) is 70.1 Å². The standard InChI is InChI=1S/C20H24BrN3O2/c1-11(2)7-13(22)10-26-18-9-17-15(8-16(18)21)14-5-6-23-12(3)19(14)20(25)24(17)4/h5-6,8-9,11,13H,7,10,22H2,1-4H3/t13-/m0/s1. The molecule has 0 unspecified atom stereocenters. The lowest BCUT2D eigenvalue weighted by molar-refractivity contribution is 0.270. The van der Waals surface area contributed by atoms with Crippen LogP contribution >= 0.6 is 15.9 Å². The predicted molar refractivity (Wildman–Crippen MR) is 110 cm³/mol. The summed E-state index contributed by atoms with van der Waals surface area (Å²) in [6, 6.07) is 5.77. The van der Waals surface area contributed by atoms with Crippen molar-refractivity contribution >= 4 is 37.6 Å². The molecule has 138 valence electrons. The van der Waals surface area contributed by atoms with Crippen molar-refractivity contribution in [3.8, 4) is 5.75 Å². The second-order valence-corrected chi connectivity index (χ2v) is 8.04. The van der Waals surface area contributed by atoms with Gasteiger partial charge in [-0.2, -0.15) is 0 Å². The molecule has 0 aliphatic heterocycles. The van der Waals surface area contributed by atoms with E-state index in [4.69, 9.17) is 10.5 Å². The van der Waals surface area contributed by atoms with E-state index >= 15 is 0 Å². The van der Waals surface area contributed by atoms with E-state index in [0.29, 0.717) is 23.7 Å². The van der Waals surface area contributed by atoms with Crippen LogP contribution in [0.15, 0.2) is 33.7 Å². The van der Waals surface area contributed by atoms with Crippen LogP contribution in [0.3, 0.4) is 0 Å². The van der Waals surface area contributed by atoms with Crippen molar-refractivity contribution in [1.82, 2.24) is 9.55 Å². The lowest BCUT2D eigenvalue weighted by Crippen LogP contribution is -2.29. The average Bonchev–Trinajstić information content (AvgIpc) is 2.57. The number of aromatic nitrogens is 2. The van der Waals surface area contributed by atoms with Gasteiger partial charge < -0.3 is 15.0 Å². The number of pyridine rings is 2. The third kappa shape index (κ3) is 3.48. The number of nitrogens with two attached hydrogens (primary N) is 1. The molecule has 2 N–H and O–H groups in total. The van der Waals surface area contributed by atoms with E-state index in [2.05, 4.69) is 34.8 Å². The summed E-state index contributed by atoms with van der Waals surface area (Å²) in [5.41, 5.74) is 7.63. The summed E-state index contributed by atoms with van der Waals surface area (Å²) >= 11 is 3.60. The zero-order valence-electron chi connectivity index (χ0n) is 15.5. The van der Waals surface area contributed by atoms with E-state index in [1.807, 2.05) is 25.1 Å². The van der Waals surface area contributed by atoms with Crippen molar-refractivity contribution in [3.63, 3.8) is 0 Å². The Morgan fingerprint density at radius 2 is 2.04 bits per heavy atom. The second kappa shape index (κ2) is 7.37. The Bertz CT molecular complexity index is 1030. The highest BCUT2D eigenvalue weighted by Gasteiger charge is 2.15. The van der Waals surface area contributed by atoms with Crippen LogP contribution in [0, 0.1) is 12.8 Å². The minimum atomic E-state index is -0.0529. The van der Waals surface area contributed by atoms with Gasteiger partial charge in [0.25, 0.3) is 5.56 Å². The maximum atomic E-state index is 12.8. The van der Waals surface area contributed by atoms with Gasteiger partial charge in [-0.05, 0) is 52.7 Å². The number of aryl methyl sites for hydroxylation is 2. The fraction of sp³-hybridized carbons (Fsp3) is 0.400. The molecule has 0 fully saturated rings. The van der Waals surface area contributed by atoms with Gasteiger partial charge in [-0.3, -0.25) is 9.78 Å². The average molecular weight is 418 g/mol. The van der Waals surface area contributed by atoms with Crippen LogP contribution in [-0.2, 0) is 7.05 Å². The first-order valence-electron chi connectivity index (χ1n) is 8.75. The van der Waals surface area contributed by atoms with Gasteiger partial charge in [-0.1, -0.05) is 13.8 Å². The molecule has 0 spiro atoms. The van der Waals surface area contributed by atoms with E-state index in [9.17, 15) is 4.79 Å². The van der Waals surface area contributed by atoms with Crippen LogP contribution in [0.25, 0.3) is 21.7 Å². The molecular weight excluding hydrogens is 394 g/mol. The molecule has 0 saturated heterocycles. The lowest BCUT2D eigenvalue weighted by Gasteiger charge is -2.17. The molecular formula is C20H24BrN3O2. The van der Waals surface area contributed by atoms with Crippen molar-refractivity contribution in [3.05, 3.63) is 44.9 Å². The number of fused-ring (bicyclic) bond motifs is 3. The lowest BCUT2D eigenvalue weighted by atomic mass is 10.1. The van der Waals surface area contributed by atoms with Gasteiger partial charge in [0.05, 0.1) is 21.1 Å². The molecule has 2 heterocycles. The highest BCUT2D eigenvalue weighted by Crippen LogP contribution is 2.33. The molecule has 3 rings (SSSR count). The van der Waals surface area contributed by atoms with Gasteiger partial charge in [-0.25, -0.2) is 0 Å². The Kier molecular flexibility index (Phi) is 5.34. The summed E-state index contributed by atoms with van der Waals surface area (Å²) < 4.78 is 8.43. The largest absolute Gasteiger partial charge is 0.491 e. The summed E-state index contributed by atoms with van der Waals surface area (Å²) in [6.07, 6.45) is 2.64. The molecule has 3 aromatic rings. The summed E-state index contributed by atoms with van der Waals surface area (Å²) in [5, 5.41) is 2.54. The Balaban J connectivity index is 2.10. The molecule has 2 aromatic heterocycles. The first-order valence-corrected chi connectivity index (χ1v) is 9.54.